The van der Waals surface area contributed by atoms with Crippen molar-refractivity contribution in [3.8, 4) is 6.07 Å². The Kier molecular flexibility index (Phi) is 3.66. The smallest absolute Gasteiger partial charge is 0.337 e. The first-order valence-corrected chi connectivity index (χ1v) is 7.65. The van der Waals surface area contributed by atoms with Gasteiger partial charge < -0.3 is 14.9 Å². The van der Waals surface area contributed by atoms with E-state index in [1.54, 1.807) is 19.1 Å². The van der Waals surface area contributed by atoms with E-state index in [9.17, 15) is 14.9 Å². The predicted molar refractivity (Wildman–Crippen MR) is 81.2 cm³/mol. The van der Waals surface area contributed by atoms with Crippen molar-refractivity contribution in [1.29, 1.82) is 5.26 Å². The summed E-state index contributed by atoms with van der Waals surface area (Å²) in [6, 6.07) is 5.31. The fourth-order valence-corrected chi connectivity index (χ4v) is 3.84. The maximum Gasteiger partial charge on any atom is 0.337 e. The van der Waals surface area contributed by atoms with E-state index >= 15 is 0 Å². The molecule has 1 saturated heterocycles. The van der Waals surface area contributed by atoms with Crippen LogP contribution in [0.2, 0.25) is 0 Å². The highest BCUT2D eigenvalue weighted by Gasteiger charge is 2.47. The van der Waals surface area contributed by atoms with Gasteiger partial charge in [-0.25, -0.2) is 4.79 Å². The fraction of sp³-hybridized carbons (Fsp3) is 0.267. The first kappa shape index (κ1) is 15.2. The van der Waals surface area contributed by atoms with Gasteiger partial charge in [0.15, 0.2) is 0 Å². The summed E-state index contributed by atoms with van der Waals surface area (Å²) in [5.74, 6) is -1.27. The molecule has 2 aliphatic heterocycles. The minimum absolute atomic E-state index is 0.0263. The molecular weight excluding hydrogens is 318 g/mol. The minimum atomic E-state index is -0.792. The highest BCUT2D eigenvalue weighted by Crippen LogP contribution is 2.49. The van der Waals surface area contributed by atoms with Gasteiger partial charge in [0.2, 0.25) is 5.91 Å². The van der Waals surface area contributed by atoms with Crippen LogP contribution in [0, 0.1) is 11.3 Å². The standard InChI is InChI=1S/C15H13N3O4S/c1-7-13(19)18-12(17)8(6-16)10(9-4-3-5-22-9)11(14(18)23-7)15(20)21-2/h3-5,7,10H,17H2,1-2H3/t7-,10+/m0/s1. The molecule has 2 atom stereocenters. The van der Waals surface area contributed by atoms with Crippen LogP contribution >= 0.6 is 11.8 Å². The number of hydrogen-bond acceptors (Lipinski definition) is 7. The van der Waals surface area contributed by atoms with Crippen molar-refractivity contribution in [3.63, 3.8) is 0 Å². The third-order valence-electron chi connectivity index (χ3n) is 3.74. The molecule has 2 aliphatic rings. The Balaban J connectivity index is 2.29. The zero-order chi connectivity index (χ0) is 16.7. The summed E-state index contributed by atoms with van der Waals surface area (Å²) in [6.45, 7) is 1.72. The average molecular weight is 331 g/mol. The van der Waals surface area contributed by atoms with Crippen LogP contribution in [-0.4, -0.2) is 29.1 Å². The van der Waals surface area contributed by atoms with Crippen molar-refractivity contribution in [3.05, 3.63) is 46.2 Å². The van der Waals surface area contributed by atoms with Gasteiger partial charge in [0.05, 0.1) is 46.8 Å². The molecule has 0 saturated carbocycles. The van der Waals surface area contributed by atoms with Gasteiger partial charge in [0, 0.05) is 0 Å². The van der Waals surface area contributed by atoms with Crippen molar-refractivity contribution < 1.29 is 18.7 Å². The first-order valence-electron chi connectivity index (χ1n) is 6.77. The van der Waals surface area contributed by atoms with Crippen molar-refractivity contribution in [2.45, 2.75) is 18.1 Å². The summed E-state index contributed by atoms with van der Waals surface area (Å²) >= 11 is 1.22. The normalized spacial score (nSPS) is 23.9. The number of nitrogens with two attached hydrogens (primary N) is 1. The molecule has 2 N–H and O–H groups in total. The van der Waals surface area contributed by atoms with E-state index in [1.807, 2.05) is 6.07 Å². The Morgan fingerprint density at radius 3 is 2.87 bits per heavy atom. The Morgan fingerprint density at radius 1 is 1.57 bits per heavy atom. The van der Waals surface area contributed by atoms with Crippen molar-refractivity contribution in [2.75, 3.05) is 7.11 Å². The summed E-state index contributed by atoms with van der Waals surface area (Å²) in [7, 11) is 1.25. The lowest BCUT2D eigenvalue weighted by Gasteiger charge is -2.30. The second-order valence-corrected chi connectivity index (χ2v) is 6.33. The number of rotatable bonds is 2. The summed E-state index contributed by atoms with van der Waals surface area (Å²) in [5.41, 5.74) is 6.33. The van der Waals surface area contributed by atoms with Gasteiger partial charge in [-0.05, 0) is 19.1 Å². The van der Waals surface area contributed by atoms with Gasteiger partial charge in [0.25, 0.3) is 0 Å². The van der Waals surface area contributed by atoms with Crippen molar-refractivity contribution >= 4 is 23.6 Å². The summed E-state index contributed by atoms with van der Waals surface area (Å²) in [5, 5.41) is 9.52. The molecule has 0 unspecified atom stereocenters. The maximum atomic E-state index is 12.4. The monoisotopic (exact) mass is 331 g/mol. The molecule has 1 fully saturated rings. The second kappa shape index (κ2) is 5.52. The number of amides is 1. The Bertz CT molecular complexity index is 788. The molecule has 1 amide bonds. The maximum absolute atomic E-state index is 12.4. The number of fused-ring (bicyclic) bond motifs is 1. The molecule has 23 heavy (non-hydrogen) atoms. The fourth-order valence-electron chi connectivity index (χ4n) is 2.68. The molecule has 0 aliphatic carbocycles. The number of carbonyl (C=O) groups excluding carboxylic acids is 2. The summed E-state index contributed by atoms with van der Waals surface area (Å²) in [4.78, 5) is 25.9. The number of thioether (sulfide) groups is 1. The van der Waals surface area contributed by atoms with E-state index in [2.05, 4.69) is 0 Å². The quantitative estimate of drug-likeness (QED) is 0.816. The predicted octanol–water partition coefficient (Wildman–Crippen LogP) is 1.42. The molecule has 3 rings (SSSR count). The van der Waals surface area contributed by atoms with Gasteiger partial charge in [0.1, 0.15) is 11.6 Å². The lowest BCUT2D eigenvalue weighted by molar-refractivity contribution is -0.136. The van der Waals surface area contributed by atoms with Crippen LogP contribution in [0.15, 0.2) is 44.8 Å². The van der Waals surface area contributed by atoms with E-state index < -0.39 is 17.1 Å². The lowest BCUT2D eigenvalue weighted by Crippen LogP contribution is -2.37. The number of nitrogens with zero attached hydrogens (tertiary/aromatic N) is 2. The molecule has 118 valence electrons. The Labute approximate surface area is 136 Å². The van der Waals surface area contributed by atoms with Crippen LogP contribution < -0.4 is 5.73 Å². The number of furan rings is 1. The highest BCUT2D eigenvalue weighted by molar-refractivity contribution is 8.04. The number of ether oxygens (including phenoxy) is 1. The molecule has 0 spiro atoms. The second-order valence-electron chi connectivity index (χ2n) is 5.00. The molecule has 0 bridgehead atoms. The van der Waals surface area contributed by atoms with Gasteiger partial charge in [-0.2, -0.15) is 5.26 Å². The van der Waals surface area contributed by atoms with Crippen LogP contribution in [0.3, 0.4) is 0 Å². The molecule has 1 aromatic heterocycles. The minimum Gasteiger partial charge on any atom is -0.468 e. The van der Waals surface area contributed by atoms with E-state index in [0.717, 1.165) is 0 Å². The zero-order valence-corrected chi connectivity index (χ0v) is 13.2. The largest absolute Gasteiger partial charge is 0.468 e. The van der Waals surface area contributed by atoms with E-state index in [0.29, 0.717) is 10.8 Å². The van der Waals surface area contributed by atoms with Gasteiger partial charge in [-0.1, -0.05) is 11.8 Å². The number of carbonyl (C=O) groups is 2. The van der Waals surface area contributed by atoms with Gasteiger partial charge >= 0.3 is 5.97 Å². The molecular formula is C15H13N3O4S. The Morgan fingerprint density at radius 2 is 2.30 bits per heavy atom. The molecule has 0 radical (unpaired) electrons. The highest BCUT2D eigenvalue weighted by atomic mass is 32.2. The van der Waals surface area contributed by atoms with E-state index in [1.165, 1.54) is 30.0 Å². The van der Waals surface area contributed by atoms with Crippen LogP contribution in [-0.2, 0) is 14.3 Å². The Hall–Kier alpha value is -2.66. The third kappa shape index (κ3) is 2.12. The molecule has 1 aromatic rings. The molecule has 3 heterocycles. The number of methoxy groups -OCH3 is 1. The van der Waals surface area contributed by atoms with Crippen LogP contribution in [0.25, 0.3) is 0 Å². The van der Waals surface area contributed by atoms with Crippen molar-refractivity contribution in [1.82, 2.24) is 4.90 Å². The van der Waals surface area contributed by atoms with E-state index in [-0.39, 0.29) is 22.9 Å². The van der Waals surface area contributed by atoms with E-state index in [4.69, 9.17) is 14.9 Å². The number of esters is 1. The summed E-state index contributed by atoms with van der Waals surface area (Å²) < 4.78 is 10.2. The van der Waals surface area contributed by atoms with Gasteiger partial charge in [-0.3, -0.25) is 9.69 Å². The average Bonchev–Trinajstić information content (AvgIpc) is 3.16. The zero-order valence-electron chi connectivity index (χ0n) is 12.4. The third-order valence-corrected chi connectivity index (χ3v) is 4.92. The first-order chi connectivity index (χ1) is 11.0. The van der Waals surface area contributed by atoms with Crippen LogP contribution in [0.1, 0.15) is 18.6 Å². The number of hydrogen-bond donors (Lipinski definition) is 1. The SMILES string of the molecule is COC(=O)C1=C2S[C@@H](C)C(=O)N2C(N)=C(C#N)[C@@H]1c1ccco1. The van der Waals surface area contributed by atoms with Crippen LogP contribution in [0.5, 0.6) is 0 Å². The number of allylic oxidation sites excluding steroid dienone is 1. The molecule has 8 heteroatoms. The topological polar surface area (TPSA) is 110 Å². The van der Waals surface area contributed by atoms with Gasteiger partial charge in [-0.15, -0.1) is 0 Å². The lowest BCUT2D eigenvalue weighted by atomic mass is 9.87. The van der Waals surface area contributed by atoms with Crippen molar-refractivity contribution in [2.24, 2.45) is 5.73 Å². The number of nitriles is 1. The molecule has 7 nitrogen and oxygen atoms in total. The summed E-state index contributed by atoms with van der Waals surface area (Å²) in [6.07, 6.45) is 1.45. The van der Waals surface area contributed by atoms with Crippen LogP contribution in [0.4, 0.5) is 0 Å². The molecule has 0 aromatic carbocycles.